The van der Waals surface area contributed by atoms with Crippen molar-refractivity contribution in [3.63, 3.8) is 0 Å². The number of nitrogens with zero attached hydrogens (tertiary/aromatic N) is 2. The van der Waals surface area contributed by atoms with Crippen LogP contribution in [0.4, 0.5) is 0 Å². The Hall–Kier alpha value is -4.98. The summed E-state index contributed by atoms with van der Waals surface area (Å²) >= 11 is 0. The van der Waals surface area contributed by atoms with Crippen molar-refractivity contribution in [1.82, 2.24) is 9.38 Å². The van der Waals surface area contributed by atoms with Gasteiger partial charge >= 0.3 is 0 Å². The third kappa shape index (κ3) is 3.97. The molecule has 0 radical (unpaired) electrons. The second-order valence-electron chi connectivity index (χ2n) is 10.1. The normalized spacial score (nSPS) is 12.3. The van der Waals surface area contributed by atoms with Crippen LogP contribution < -0.4 is 26.4 Å². The zero-order valence-electron chi connectivity index (χ0n) is 22.4. The summed E-state index contributed by atoms with van der Waals surface area (Å²) in [4.78, 5) is 4.92. The van der Waals surface area contributed by atoms with E-state index in [-0.39, 0.29) is 0 Å². The molecule has 7 aromatic rings. The highest BCUT2D eigenvalue weighted by atomic mass is 31.2. The van der Waals surface area contributed by atoms with Gasteiger partial charge in [-0.25, -0.2) is 4.98 Å². The van der Waals surface area contributed by atoms with Gasteiger partial charge in [-0.05, 0) is 34.5 Å². The average molecular weight is 547 g/mol. The third-order valence-corrected chi connectivity index (χ3v) is 10.8. The quantitative estimate of drug-likeness (QED) is 0.237. The lowest BCUT2D eigenvalue weighted by molar-refractivity contribution is 0.592. The Bertz CT molecular complexity index is 2210. The van der Waals surface area contributed by atoms with Crippen molar-refractivity contribution in [2.75, 3.05) is 0 Å². The van der Waals surface area contributed by atoms with Crippen LogP contribution in [0.2, 0.25) is 0 Å². The molecular formula is C37H27N2OP. The van der Waals surface area contributed by atoms with E-state index in [1.54, 1.807) is 6.08 Å². The summed E-state index contributed by atoms with van der Waals surface area (Å²) in [5.41, 5.74) is 5.98. The van der Waals surface area contributed by atoms with Gasteiger partial charge in [0, 0.05) is 26.5 Å². The van der Waals surface area contributed by atoms with Gasteiger partial charge in [0.15, 0.2) is 7.14 Å². The molecule has 0 fully saturated rings. The van der Waals surface area contributed by atoms with Crippen LogP contribution in [0.1, 0.15) is 0 Å². The predicted octanol–water partition coefficient (Wildman–Crippen LogP) is 6.32. The maximum atomic E-state index is 14.8. The van der Waals surface area contributed by atoms with Crippen LogP contribution in [-0.4, -0.2) is 9.38 Å². The Kier molecular flexibility index (Phi) is 6.03. The van der Waals surface area contributed by atoms with Crippen molar-refractivity contribution >= 4 is 63.3 Å². The molecule has 2 aromatic heterocycles. The lowest BCUT2D eigenvalue weighted by Gasteiger charge is -2.20. The Balaban J connectivity index is 1.42. The van der Waals surface area contributed by atoms with Crippen molar-refractivity contribution in [2.45, 2.75) is 0 Å². The minimum atomic E-state index is -3.03. The van der Waals surface area contributed by atoms with Crippen LogP contribution in [-0.2, 0) is 4.57 Å². The summed E-state index contributed by atoms with van der Waals surface area (Å²) in [6, 6.07) is 42.4. The van der Waals surface area contributed by atoms with Crippen molar-refractivity contribution in [2.24, 2.45) is 0 Å². The molecule has 0 aliphatic carbocycles. The van der Waals surface area contributed by atoms with Gasteiger partial charge in [-0.3, -0.25) is 4.40 Å². The molecular weight excluding hydrogens is 519 g/mol. The van der Waals surface area contributed by atoms with Gasteiger partial charge in [0.25, 0.3) is 0 Å². The lowest BCUT2D eigenvalue weighted by Crippen LogP contribution is -2.27. The van der Waals surface area contributed by atoms with E-state index in [1.807, 2.05) is 97.1 Å². The van der Waals surface area contributed by atoms with E-state index >= 15 is 0 Å². The van der Waals surface area contributed by atoms with Crippen LogP contribution in [0, 0.1) is 0 Å². The second-order valence-corrected chi connectivity index (χ2v) is 12.9. The maximum Gasteiger partial charge on any atom is 0.171 e. The summed E-state index contributed by atoms with van der Waals surface area (Å²) in [5, 5.41) is 5.45. The monoisotopic (exact) mass is 546 g/mol. The molecule has 5 aromatic carbocycles. The first-order valence-corrected chi connectivity index (χ1v) is 15.3. The van der Waals surface area contributed by atoms with E-state index in [9.17, 15) is 4.57 Å². The van der Waals surface area contributed by atoms with Crippen molar-refractivity contribution in [3.8, 4) is 11.1 Å². The molecule has 7 rings (SSSR count). The Morgan fingerprint density at radius 1 is 0.659 bits per heavy atom. The number of benzene rings is 5. The number of fused-ring (bicyclic) bond motifs is 5. The highest BCUT2D eigenvalue weighted by Gasteiger charge is 2.29. The molecule has 0 amide bonds. The molecule has 41 heavy (non-hydrogen) atoms. The van der Waals surface area contributed by atoms with Crippen molar-refractivity contribution < 1.29 is 4.57 Å². The SMILES string of the molecule is C=C/C=c1\c(=C)c2nc3ccccc3n2c2cc(-c3ccc(P(=O)(c4ccccc4)c4ccccc4)cc3)ccc12. The molecule has 0 saturated carbocycles. The number of rotatable bonds is 5. The number of hydrogen-bond acceptors (Lipinski definition) is 2. The summed E-state index contributed by atoms with van der Waals surface area (Å²) in [6.45, 7) is 8.32. The molecule has 0 unspecified atom stereocenters. The Labute approximate surface area is 238 Å². The number of hydrogen-bond donors (Lipinski definition) is 0. The molecule has 2 heterocycles. The number of allylic oxidation sites excluding steroid dienone is 1. The van der Waals surface area contributed by atoms with Crippen LogP contribution in [0.25, 0.3) is 51.4 Å². The molecule has 0 aliphatic rings. The van der Waals surface area contributed by atoms with Gasteiger partial charge in [0.2, 0.25) is 0 Å². The zero-order chi connectivity index (χ0) is 28.0. The van der Waals surface area contributed by atoms with Gasteiger partial charge in [0.1, 0.15) is 5.65 Å². The van der Waals surface area contributed by atoms with Crippen LogP contribution in [0.3, 0.4) is 0 Å². The molecule has 0 bridgehead atoms. The van der Waals surface area contributed by atoms with E-state index in [4.69, 9.17) is 4.98 Å². The highest BCUT2D eigenvalue weighted by molar-refractivity contribution is 7.85. The maximum absolute atomic E-state index is 14.8. The van der Waals surface area contributed by atoms with Gasteiger partial charge in [-0.2, -0.15) is 0 Å². The predicted molar refractivity (Wildman–Crippen MR) is 174 cm³/mol. The topological polar surface area (TPSA) is 34.4 Å². The average Bonchev–Trinajstić information content (AvgIpc) is 3.44. The zero-order valence-corrected chi connectivity index (χ0v) is 23.3. The van der Waals surface area contributed by atoms with Crippen molar-refractivity contribution in [3.05, 3.63) is 150 Å². The van der Waals surface area contributed by atoms with Crippen LogP contribution >= 0.6 is 7.14 Å². The summed E-state index contributed by atoms with van der Waals surface area (Å²) in [5.74, 6) is 0. The standard InChI is InChI=1S/C37H27N2OP/c1-3-12-32-26(2)37-38-34-17-10-11-18-35(34)39(37)36-25-28(21-24-33(32)36)27-19-22-31(23-20-27)41(40,29-13-6-4-7-14-29)30-15-8-5-9-16-30/h3-25H,1-2H2/b32-12+. The van der Waals surface area contributed by atoms with Gasteiger partial charge < -0.3 is 4.57 Å². The van der Waals surface area contributed by atoms with Gasteiger partial charge in [0.05, 0.1) is 16.6 Å². The van der Waals surface area contributed by atoms with E-state index in [0.717, 1.165) is 65.1 Å². The van der Waals surface area contributed by atoms with Crippen LogP contribution in [0.5, 0.6) is 0 Å². The third-order valence-electron chi connectivity index (χ3n) is 7.77. The van der Waals surface area contributed by atoms with E-state index in [0.29, 0.717) is 0 Å². The first-order valence-electron chi connectivity index (χ1n) is 13.6. The van der Waals surface area contributed by atoms with Crippen molar-refractivity contribution in [1.29, 1.82) is 0 Å². The fraction of sp³-hybridized carbons (Fsp3) is 0. The fourth-order valence-electron chi connectivity index (χ4n) is 5.77. The highest BCUT2D eigenvalue weighted by Crippen LogP contribution is 2.42. The summed E-state index contributed by atoms with van der Waals surface area (Å²) in [6.07, 6.45) is 3.80. The molecule has 0 saturated heterocycles. The van der Waals surface area contributed by atoms with E-state index < -0.39 is 7.14 Å². The number of para-hydroxylation sites is 2. The summed E-state index contributed by atoms with van der Waals surface area (Å²) < 4.78 is 17.0. The minimum Gasteiger partial charge on any atom is -0.309 e. The molecule has 0 spiro atoms. The second kappa shape index (κ2) is 9.89. The largest absolute Gasteiger partial charge is 0.309 e. The molecule has 4 heteroatoms. The number of aromatic nitrogens is 2. The molecule has 3 nitrogen and oxygen atoms in total. The van der Waals surface area contributed by atoms with Gasteiger partial charge in [-0.1, -0.05) is 135 Å². The lowest BCUT2D eigenvalue weighted by atomic mass is 10.0. The van der Waals surface area contributed by atoms with E-state index in [2.05, 4.69) is 54.0 Å². The number of imidazole rings is 1. The van der Waals surface area contributed by atoms with Gasteiger partial charge in [-0.15, -0.1) is 0 Å². The van der Waals surface area contributed by atoms with E-state index in [1.165, 1.54) is 0 Å². The number of pyridine rings is 1. The summed E-state index contributed by atoms with van der Waals surface area (Å²) in [7, 11) is -3.03. The Morgan fingerprint density at radius 2 is 1.24 bits per heavy atom. The minimum absolute atomic E-state index is 0.812. The van der Waals surface area contributed by atoms with Crippen LogP contribution in [0.15, 0.2) is 140 Å². The molecule has 0 aliphatic heterocycles. The Morgan fingerprint density at radius 3 is 1.90 bits per heavy atom. The smallest absolute Gasteiger partial charge is 0.171 e. The fourth-order valence-corrected chi connectivity index (χ4v) is 8.42. The molecule has 196 valence electrons. The molecule has 0 atom stereocenters. The first-order chi connectivity index (χ1) is 20.1. The first kappa shape index (κ1) is 25.0. The molecule has 0 N–H and O–H groups in total.